The van der Waals surface area contributed by atoms with Crippen LogP contribution in [-0.2, 0) is 43.4 Å². The maximum absolute atomic E-state index is 13.8. The Labute approximate surface area is 241 Å². The van der Waals surface area contributed by atoms with Crippen molar-refractivity contribution in [3.05, 3.63) is 69.8 Å². The van der Waals surface area contributed by atoms with E-state index < -0.39 is 47.3 Å². The molecule has 0 N–H and O–H groups in total. The number of aromatic nitrogens is 4. The number of benzene rings is 2. The van der Waals surface area contributed by atoms with Gasteiger partial charge < -0.3 is 9.64 Å². The Morgan fingerprint density at radius 2 is 1.53 bits per heavy atom. The van der Waals surface area contributed by atoms with Crippen LogP contribution < -0.4 is 4.90 Å². The van der Waals surface area contributed by atoms with Crippen molar-refractivity contribution in [2.24, 2.45) is 7.05 Å². The molecule has 0 amide bonds. The fourth-order valence-corrected chi connectivity index (χ4v) is 5.21. The largest absolute Gasteiger partial charge is 0.416 e. The molecule has 7 nitrogen and oxygen atoms in total. The Morgan fingerprint density at radius 1 is 0.907 bits per heavy atom. The Morgan fingerprint density at radius 3 is 2.05 bits per heavy atom. The van der Waals surface area contributed by atoms with Crippen LogP contribution >= 0.6 is 0 Å². The molecule has 4 rings (SSSR count). The highest BCUT2D eigenvalue weighted by Crippen LogP contribution is 2.38. The molecule has 16 heteroatoms. The van der Waals surface area contributed by atoms with Crippen molar-refractivity contribution < 1.29 is 44.3 Å². The van der Waals surface area contributed by atoms with Crippen LogP contribution in [0.1, 0.15) is 59.7 Å². The summed E-state index contributed by atoms with van der Waals surface area (Å²) in [6.45, 7) is 4.20. The van der Waals surface area contributed by atoms with Gasteiger partial charge in [-0.25, -0.2) is 0 Å². The van der Waals surface area contributed by atoms with Crippen molar-refractivity contribution in [2.45, 2.75) is 64.0 Å². The Balaban J connectivity index is 1.82. The van der Waals surface area contributed by atoms with E-state index in [1.54, 1.807) is 0 Å². The predicted octanol–water partition coefficient (Wildman–Crippen LogP) is 6.65. The van der Waals surface area contributed by atoms with Gasteiger partial charge in [-0.05, 0) is 65.6 Å². The average Bonchev–Trinajstić information content (AvgIpc) is 3.35. The second kappa shape index (κ2) is 12.3. The van der Waals surface area contributed by atoms with Gasteiger partial charge in [0.05, 0.1) is 37.0 Å². The van der Waals surface area contributed by atoms with Crippen LogP contribution in [0.25, 0.3) is 0 Å². The quantitative estimate of drug-likeness (QED) is 0.262. The van der Waals surface area contributed by atoms with Crippen LogP contribution in [0.5, 0.6) is 0 Å². The summed E-state index contributed by atoms with van der Waals surface area (Å²) in [4.78, 5) is 4.33. The van der Waals surface area contributed by atoms with Gasteiger partial charge in [0.25, 0.3) is 5.95 Å². The summed E-state index contributed by atoms with van der Waals surface area (Å²) in [5.74, 6) is -0.190. The molecule has 2 aromatic carbocycles. The topological polar surface area (TPSA) is 59.3 Å². The second-order valence-electron chi connectivity index (χ2n) is 10.3. The molecule has 2 heterocycles. The molecular formula is C27H29F9N6O. The lowest BCUT2D eigenvalue weighted by molar-refractivity contribution is -0.143. The summed E-state index contributed by atoms with van der Waals surface area (Å²) in [6, 6.07) is 4.00. The summed E-state index contributed by atoms with van der Waals surface area (Å²) >= 11 is 0. The minimum absolute atomic E-state index is 0.00860. The zero-order chi connectivity index (χ0) is 31.7. The maximum atomic E-state index is 13.8. The lowest BCUT2D eigenvalue weighted by Gasteiger charge is -2.40. The lowest BCUT2D eigenvalue weighted by Crippen LogP contribution is -2.45. The third-order valence-electron chi connectivity index (χ3n) is 7.20. The number of ether oxygens (including phenoxy) is 1. The highest BCUT2D eigenvalue weighted by atomic mass is 19.4. The van der Waals surface area contributed by atoms with Gasteiger partial charge in [-0.1, -0.05) is 18.1 Å². The molecule has 43 heavy (non-hydrogen) atoms. The smallest absolute Gasteiger partial charge is 0.379 e. The monoisotopic (exact) mass is 624 g/mol. The maximum Gasteiger partial charge on any atom is 0.416 e. The minimum Gasteiger partial charge on any atom is -0.379 e. The summed E-state index contributed by atoms with van der Waals surface area (Å²) in [6.07, 6.45) is -14.4. The first-order chi connectivity index (χ1) is 20.0. The molecule has 1 aromatic heterocycles. The fraction of sp³-hybridized carbons (Fsp3) is 0.519. The molecule has 2 unspecified atom stereocenters. The highest BCUT2D eigenvalue weighted by molar-refractivity contribution is 5.42. The number of nitrogens with zero attached hydrogens (tertiary/aromatic N) is 6. The van der Waals surface area contributed by atoms with Crippen molar-refractivity contribution in [3.63, 3.8) is 0 Å². The Kier molecular flexibility index (Phi) is 9.30. The Bertz CT molecular complexity index is 1370. The minimum atomic E-state index is -5.08. The van der Waals surface area contributed by atoms with Crippen molar-refractivity contribution >= 4 is 5.95 Å². The molecule has 2 atom stereocenters. The molecule has 1 aliphatic rings. The molecule has 0 saturated carbocycles. The van der Waals surface area contributed by atoms with Gasteiger partial charge in [-0.3, -0.25) is 4.90 Å². The summed E-state index contributed by atoms with van der Waals surface area (Å²) in [5, 5.41) is 11.6. The number of morpholine rings is 1. The van der Waals surface area contributed by atoms with E-state index in [9.17, 15) is 39.5 Å². The van der Waals surface area contributed by atoms with Gasteiger partial charge >= 0.3 is 18.5 Å². The van der Waals surface area contributed by atoms with Gasteiger partial charge in [-0.15, -0.1) is 5.10 Å². The van der Waals surface area contributed by atoms with E-state index in [1.165, 1.54) is 18.0 Å². The van der Waals surface area contributed by atoms with Crippen LogP contribution in [0, 0.1) is 0 Å². The highest BCUT2D eigenvalue weighted by Gasteiger charge is 2.38. The standard InChI is InChI=1S/C27H29F9N6O/c1-4-23(42-7-8-43-15-16(42)2)22-6-5-19(25(28,29)30)11-18(22)14-41(24-37-39-40(3)38-24)13-17-9-20(26(31,32)33)12-21(10-17)27(34,35)36/h5-6,9-12,16,23H,4,7-8,13-15H2,1-3H3. The first kappa shape index (κ1) is 32.5. The van der Waals surface area contributed by atoms with Crippen LogP contribution in [0.15, 0.2) is 36.4 Å². The van der Waals surface area contributed by atoms with Crippen molar-refractivity contribution in [1.82, 2.24) is 25.1 Å². The first-order valence-electron chi connectivity index (χ1n) is 13.3. The molecule has 3 aromatic rings. The summed E-state index contributed by atoms with van der Waals surface area (Å²) < 4.78 is 128. The molecule has 236 valence electrons. The van der Waals surface area contributed by atoms with Gasteiger partial charge in [0.1, 0.15) is 0 Å². The van der Waals surface area contributed by atoms with Crippen molar-refractivity contribution in [1.29, 1.82) is 0 Å². The SMILES string of the molecule is CCC(c1ccc(C(F)(F)F)cc1CN(Cc1cc(C(F)(F)F)cc(C(F)(F)F)c1)c1nnn(C)n1)N1CCOCC1C. The van der Waals surface area contributed by atoms with Crippen molar-refractivity contribution in [2.75, 3.05) is 24.7 Å². The molecule has 0 bridgehead atoms. The molecule has 0 spiro atoms. The van der Waals surface area contributed by atoms with Gasteiger partial charge in [-0.2, -0.15) is 44.3 Å². The zero-order valence-corrected chi connectivity index (χ0v) is 23.4. The number of anilines is 1. The molecular weight excluding hydrogens is 595 g/mol. The normalized spacial score (nSPS) is 17.7. The lowest BCUT2D eigenvalue weighted by atomic mass is 9.93. The van der Waals surface area contributed by atoms with E-state index in [4.69, 9.17) is 4.74 Å². The molecule has 1 fully saturated rings. The van der Waals surface area contributed by atoms with Gasteiger partial charge in [0, 0.05) is 31.7 Å². The van der Waals surface area contributed by atoms with E-state index >= 15 is 0 Å². The number of hydrogen-bond donors (Lipinski definition) is 0. The van der Waals surface area contributed by atoms with Crippen LogP contribution in [0.4, 0.5) is 45.5 Å². The predicted molar refractivity (Wildman–Crippen MR) is 137 cm³/mol. The van der Waals surface area contributed by atoms with Crippen molar-refractivity contribution in [3.8, 4) is 0 Å². The number of halogens is 9. The summed E-state index contributed by atoms with van der Waals surface area (Å²) in [5.41, 5.74) is -3.69. The van der Waals surface area contributed by atoms with Crippen LogP contribution in [0.2, 0.25) is 0 Å². The van der Waals surface area contributed by atoms with E-state index in [2.05, 4.69) is 20.3 Å². The third kappa shape index (κ3) is 7.77. The van der Waals surface area contributed by atoms with Crippen LogP contribution in [0.3, 0.4) is 0 Å². The van der Waals surface area contributed by atoms with Crippen LogP contribution in [-0.4, -0.2) is 50.9 Å². The third-order valence-corrected chi connectivity index (χ3v) is 7.20. The van der Waals surface area contributed by atoms with E-state index in [1.807, 2.05) is 13.8 Å². The van der Waals surface area contributed by atoms with Gasteiger partial charge in [0.15, 0.2) is 0 Å². The number of aryl methyl sites for hydroxylation is 1. The molecule has 0 radical (unpaired) electrons. The van der Waals surface area contributed by atoms with E-state index in [0.29, 0.717) is 43.9 Å². The van der Waals surface area contributed by atoms with Gasteiger partial charge in [0.2, 0.25) is 0 Å². The molecule has 0 aliphatic carbocycles. The zero-order valence-electron chi connectivity index (χ0n) is 23.4. The number of hydrogen-bond acceptors (Lipinski definition) is 6. The van der Waals surface area contributed by atoms with E-state index in [-0.39, 0.29) is 36.2 Å². The fourth-order valence-electron chi connectivity index (χ4n) is 5.21. The first-order valence-corrected chi connectivity index (χ1v) is 13.3. The second-order valence-corrected chi connectivity index (χ2v) is 10.3. The molecule has 1 aliphatic heterocycles. The van der Waals surface area contributed by atoms with E-state index in [0.717, 1.165) is 16.9 Å². The number of alkyl halides is 9. The Hall–Kier alpha value is -3.40. The number of tetrazole rings is 1. The average molecular weight is 625 g/mol. The number of rotatable bonds is 8. The summed E-state index contributed by atoms with van der Waals surface area (Å²) in [7, 11) is 1.39. The molecule has 1 saturated heterocycles.